The van der Waals surface area contributed by atoms with E-state index in [1.165, 1.54) is 12.1 Å². The highest BCUT2D eigenvalue weighted by atomic mass is 32.2. The standard InChI is InChI=1S/C25H27F3N2O3S/c1-16(2)14-30-10-9-18-12-19(5-8-23(18)30)24(31)29-13-20-4-3-17(11-22(20)25(26,27)28)15-34(32,33)21-6-7-21/h3-5,8-12,16,21H,6-7,13-15H2,1-2H3,(H,29,31). The van der Waals surface area contributed by atoms with Gasteiger partial charge >= 0.3 is 6.18 Å². The summed E-state index contributed by atoms with van der Waals surface area (Å²) in [6, 6.07) is 10.6. The Labute approximate surface area is 196 Å². The first-order valence-corrected chi connectivity index (χ1v) is 12.9. The van der Waals surface area contributed by atoms with Crippen molar-refractivity contribution in [3.8, 4) is 0 Å². The smallest absolute Gasteiger partial charge is 0.348 e. The minimum absolute atomic E-state index is 0.102. The maximum Gasteiger partial charge on any atom is 0.416 e. The van der Waals surface area contributed by atoms with E-state index in [1.54, 1.807) is 12.1 Å². The number of rotatable bonds is 8. The predicted molar refractivity (Wildman–Crippen MR) is 125 cm³/mol. The number of sulfone groups is 1. The van der Waals surface area contributed by atoms with Crippen LogP contribution in [0.15, 0.2) is 48.7 Å². The normalized spacial score (nSPS) is 14.6. The average molecular weight is 493 g/mol. The first kappa shape index (κ1) is 24.3. The van der Waals surface area contributed by atoms with Crippen molar-refractivity contribution >= 4 is 26.6 Å². The maximum absolute atomic E-state index is 13.7. The SMILES string of the molecule is CC(C)Cn1ccc2cc(C(=O)NCc3ccc(CS(=O)(=O)C4CC4)cc3C(F)(F)F)ccc21. The van der Waals surface area contributed by atoms with Crippen molar-refractivity contribution < 1.29 is 26.4 Å². The van der Waals surface area contributed by atoms with E-state index in [0.717, 1.165) is 23.5 Å². The molecule has 5 nitrogen and oxygen atoms in total. The van der Waals surface area contributed by atoms with Gasteiger partial charge in [-0.2, -0.15) is 13.2 Å². The number of aromatic nitrogens is 1. The summed E-state index contributed by atoms with van der Waals surface area (Å²) in [6.07, 6.45) is -1.59. The van der Waals surface area contributed by atoms with Gasteiger partial charge in [0.25, 0.3) is 5.91 Å². The monoisotopic (exact) mass is 492 g/mol. The van der Waals surface area contributed by atoms with Crippen molar-refractivity contribution in [3.63, 3.8) is 0 Å². The first-order valence-electron chi connectivity index (χ1n) is 11.2. The quantitative estimate of drug-likeness (QED) is 0.463. The van der Waals surface area contributed by atoms with Crippen LogP contribution in [-0.4, -0.2) is 24.1 Å². The number of nitrogens with one attached hydrogen (secondary N) is 1. The second-order valence-electron chi connectivity index (χ2n) is 9.31. The molecule has 4 rings (SSSR count). The first-order chi connectivity index (χ1) is 15.9. The molecular formula is C25H27F3N2O3S. The molecule has 9 heteroatoms. The van der Waals surface area contributed by atoms with Crippen LogP contribution in [0, 0.1) is 5.92 Å². The van der Waals surface area contributed by atoms with E-state index in [1.807, 2.05) is 18.3 Å². The number of carbonyl (C=O) groups is 1. The van der Waals surface area contributed by atoms with E-state index >= 15 is 0 Å². The van der Waals surface area contributed by atoms with Crippen molar-refractivity contribution in [2.24, 2.45) is 5.92 Å². The Hall–Kier alpha value is -2.81. The van der Waals surface area contributed by atoms with Crippen molar-refractivity contribution in [1.82, 2.24) is 9.88 Å². The van der Waals surface area contributed by atoms with Gasteiger partial charge in [-0.25, -0.2) is 8.42 Å². The Balaban J connectivity index is 1.50. The van der Waals surface area contributed by atoms with E-state index in [9.17, 15) is 26.4 Å². The molecule has 1 amide bonds. The van der Waals surface area contributed by atoms with Gasteiger partial charge in [0.2, 0.25) is 0 Å². The lowest BCUT2D eigenvalue weighted by Crippen LogP contribution is -2.24. The summed E-state index contributed by atoms with van der Waals surface area (Å²) < 4.78 is 67.5. The van der Waals surface area contributed by atoms with Gasteiger partial charge in [-0.05, 0) is 60.2 Å². The van der Waals surface area contributed by atoms with E-state index in [4.69, 9.17) is 0 Å². The molecule has 0 spiro atoms. The number of amides is 1. The molecule has 0 saturated heterocycles. The van der Waals surface area contributed by atoms with Gasteiger partial charge < -0.3 is 9.88 Å². The third-order valence-electron chi connectivity index (χ3n) is 5.91. The lowest BCUT2D eigenvalue weighted by molar-refractivity contribution is -0.138. The minimum Gasteiger partial charge on any atom is -0.348 e. The van der Waals surface area contributed by atoms with Crippen LogP contribution in [0.2, 0.25) is 0 Å². The number of carbonyl (C=O) groups excluding carboxylic acids is 1. The molecule has 1 aliphatic rings. The summed E-state index contributed by atoms with van der Waals surface area (Å²) >= 11 is 0. The number of nitrogens with zero attached hydrogens (tertiary/aromatic N) is 1. The lowest BCUT2D eigenvalue weighted by Gasteiger charge is -2.15. The highest BCUT2D eigenvalue weighted by Crippen LogP contribution is 2.35. The number of alkyl halides is 3. The van der Waals surface area contributed by atoms with Crippen molar-refractivity contribution in [2.75, 3.05) is 0 Å². The second kappa shape index (κ2) is 9.09. The molecule has 182 valence electrons. The summed E-state index contributed by atoms with van der Waals surface area (Å²) in [6.45, 7) is 4.74. The van der Waals surface area contributed by atoms with E-state index in [-0.39, 0.29) is 17.7 Å². The predicted octanol–water partition coefficient (Wildman–Crippen LogP) is 5.32. The van der Waals surface area contributed by atoms with Crippen molar-refractivity contribution in [1.29, 1.82) is 0 Å². The Kier molecular flexibility index (Phi) is 6.50. The van der Waals surface area contributed by atoms with Crippen LogP contribution < -0.4 is 5.32 Å². The molecule has 0 unspecified atom stereocenters. The zero-order valence-corrected chi connectivity index (χ0v) is 19.8. The number of halogens is 3. The number of hydrogen-bond acceptors (Lipinski definition) is 3. The summed E-state index contributed by atoms with van der Waals surface area (Å²) in [4.78, 5) is 12.7. The molecule has 0 radical (unpaired) electrons. The molecule has 1 N–H and O–H groups in total. The number of fused-ring (bicyclic) bond motifs is 1. The van der Waals surface area contributed by atoms with Crippen LogP contribution in [0.1, 0.15) is 53.7 Å². The van der Waals surface area contributed by atoms with Crippen LogP contribution >= 0.6 is 0 Å². The lowest BCUT2D eigenvalue weighted by atomic mass is 10.0. The van der Waals surface area contributed by atoms with Gasteiger partial charge in [0.05, 0.1) is 16.6 Å². The fourth-order valence-corrected chi connectivity index (χ4v) is 5.81. The fraction of sp³-hybridized carbons (Fsp3) is 0.400. The molecule has 2 aromatic carbocycles. The highest BCUT2D eigenvalue weighted by molar-refractivity contribution is 7.91. The molecule has 0 aliphatic heterocycles. The fourth-order valence-electron chi connectivity index (χ4n) is 4.08. The maximum atomic E-state index is 13.7. The van der Waals surface area contributed by atoms with Crippen LogP contribution in [0.4, 0.5) is 13.2 Å². The number of benzene rings is 2. The Bertz CT molecular complexity index is 1320. The zero-order chi connectivity index (χ0) is 24.7. The average Bonchev–Trinajstić information content (AvgIpc) is 3.55. The summed E-state index contributed by atoms with van der Waals surface area (Å²) in [5.74, 6) is -0.433. The molecule has 34 heavy (non-hydrogen) atoms. The molecule has 0 bridgehead atoms. The summed E-state index contributed by atoms with van der Waals surface area (Å²) in [5, 5.41) is 3.00. The molecular weight excluding hydrogens is 465 g/mol. The summed E-state index contributed by atoms with van der Waals surface area (Å²) in [5.41, 5.74) is 0.401. The molecule has 1 saturated carbocycles. The zero-order valence-electron chi connectivity index (χ0n) is 19.0. The largest absolute Gasteiger partial charge is 0.416 e. The van der Waals surface area contributed by atoms with Gasteiger partial charge in [-0.3, -0.25) is 4.79 Å². The highest BCUT2D eigenvalue weighted by Gasteiger charge is 2.37. The van der Waals surface area contributed by atoms with Crippen molar-refractivity contribution in [3.05, 3.63) is 70.9 Å². The number of hydrogen-bond donors (Lipinski definition) is 1. The van der Waals surface area contributed by atoms with E-state index in [0.29, 0.717) is 24.3 Å². The van der Waals surface area contributed by atoms with Crippen molar-refractivity contribution in [2.45, 2.75) is 57.0 Å². The van der Waals surface area contributed by atoms with E-state index in [2.05, 4.69) is 23.7 Å². The van der Waals surface area contributed by atoms with Gasteiger partial charge in [0.15, 0.2) is 9.84 Å². The third-order valence-corrected chi connectivity index (χ3v) is 8.14. The van der Waals surface area contributed by atoms with Gasteiger partial charge in [0, 0.05) is 35.8 Å². The Morgan fingerprint density at radius 1 is 1.12 bits per heavy atom. The van der Waals surface area contributed by atoms with Crippen LogP contribution in [0.3, 0.4) is 0 Å². The molecule has 3 aromatic rings. The molecule has 1 heterocycles. The Morgan fingerprint density at radius 2 is 1.85 bits per heavy atom. The van der Waals surface area contributed by atoms with Gasteiger partial charge in [0.1, 0.15) is 0 Å². The molecule has 1 aliphatic carbocycles. The third kappa shape index (κ3) is 5.46. The topological polar surface area (TPSA) is 68.2 Å². The van der Waals surface area contributed by atoms with Gasteiger partial charge in [-0.1, -0.05) is 26.0 Å². The molecule has 0 atom stereocenters. The summed E-state index contributed by atoms with van der Waals surface area (Å²) in [7, 11) is -3.44. The van der Waals surface area contributed by atoms with Crippen LogP contribution in [0.5, 0.6) is 0 Å². The minimum atomic E-state index is -4.67. The second-order valence-corrected chi connectivity index (χ2v) is 11.6. The molecule has 1 fully saturated rings. The Morgan fingerprint density at radius 3 is 2.50 bits per heavy atom. The van der Waals surface area contributed by atoms with Crippen LogP contribution in [0.25, 0.3) is 10.9 Å². The van der Waals surface area contributed by atoms with E-state index < -0.39 is 38.5 Å². The van der Waals surface area contributed by atoms with Gasteiger partial charge in [-0.15, -0.1) is 0 Å². The molecule has 1 aromatic heterocycles. The van der Waals surface area contributed by atoms with Crippen LogP contribution in [-0.2, 0) is 34.9 Å².